The molecule has 0 aliphatic carbocycles. The average molecular weight is 432 g/mol. The summed E-state index contributed by atoms with van der Waals surface area (Å²) in [5, 5.41) is 6.44. The molecule has 0 saturated carbocycles. The average Bonchev–Trinajstić information content (AvgIpc) is 2.83. The van der Waals surface area contributed by atoms with Crippen LogP contribution in [0.2, 0.25) is 0 Å². The Hall–Kier alpha value is -3.49. The highest BCUT2D eigenvalue weighted by molar-refractivity contribution is 6.08. The minimum absolute atomic E-state index is 0.561. The molecule has 1 aromatic heterocycles. The van der Waals surface area contributed by atoms with Crippen LogP contribution in [0.5, 0.6) is 0 Å². The molecule has 2 heterocycles. The lowest BCUT2D eigenvalue weighted by Gasteiger charge is -2.25. The van der Waals surface area contributed by atoms with Crippen molar-refractivity contribution in [2.45, 2.75) is 13.8 Å². The smallest absolute Gasteiger partial charge is 0.150 e. The summed E-state index contributed by atoms with van der Waals surface area (Å²) in [6.07, 6.45) is 9.57. The number of rotatable bonds is 7. The number of aromatic nitrogens is 2. The molecule has 0 bridgehead atoms. The number of benzene rings is 1. The van der Waals surface area contributed by atoms with Crippen molar-refractivity contribution in [1.82, 2.24) is 20.2 Å². The van der Waals surface area contributed by atoms with E-state index in [1.165, 1.54) is 0 Å². The van der Waals surface area contributed by atoms with Gasteiger partial charge in [0.25, 0.3) is 0 Å². The molecule has 3 rings (SSSR count). The molecule has 0 spiro atoms. The van der Waals surface area contributed by atoms with Gasteiger partial charge in [-0.3, -0.25) is 19.7 Å². The standard InChI is InChI=1S/C24H29N7O/c1-4-23(29-19(3)28-17-31-11-9-25-10-12-31)30-24-15-26-22(14-27-24)8-7-21-13-20(16-32)6-5-18(21)2/h4-8,13-16,25H,1,9-12,17H2,2-3H3,(H,27,28,29,30)/b8-7+. The van der Waals surface area contributed by atoms with Gasteiger partial charge >= 0.3 is 0 Å². The molecular weight excluding hydrogens is 402 g/mol. The van der Waals surface area contributed by atoms with Crippen molar-refractivity contribution in [3.05, 3.63) is 65.6 Å². The molecule has 1 aromatic carbocycles. The number of piperazine rings is 1. The molecule has 8 nitrogen and oxygen atoms in total. The van der Waals surface area contributed by atoms with Crippen LogP contribution in [0, 0.1) is 6.92 Å². The van der Waals surface area contributed by atoms with Crippen LogP contribution in [0.3, 0.4) is 0 Å². The maximum Gasteiger partial charge on any atom is 0.150 e. The number of aryl methyl sites for hydroxylation is 1. The van der Waals surface area contributed by atoms with E-state index < -0.39 is 0 Å². The van der Waals surface area contributed by atoms with Crippen molar-refractivity contribution in [3.8, 4) is 0 Å². The van der Waals surface area contributed by atoms with Crippen LogP contribution in [0.1, 0.15) is 34.1 Å². The minimum atomic E-state index is 0.561. The van der Waals surface area contributed by atoms with Crippen LogP contribution >= 0.6 is 0 Å². The second-order valence-corrected chi connectivity index (χ2v) is 7.43. The third-order valence-electron chi connectivity index (χ3n) is 4.99. The topological polar surface area (TPSA) is 94.9 Å². The van der Waals surface area contributed by atoms with Crippen LogP contribution in [0.4, 0.5) is 5.82 Å². The number of carbonyl (C=O) groups is 1. The van der Waals surface area contributed by atoms with Crippen molar-refractivity contribution in [2.75, 3.05) is 38.2 Å². The SMILES string of the molecule is C=C/C(=N\C(C)=N/CN1CCNCC1)Nc1cnc(/C=C/c2cc(C=O)ccc2C)cn1. The fourth-order valence-corrected chi connectivity index (χ4v) is 3.10. The van der Waals surface area contributed by atoms with Gasteiger partial charge in [-0.2, -0.15) is 0 Å². The summed E-state index contributed by atoms with van der Waals surface area (Å²) in [4.78, 5) is 31.1. The fraction of sp³-hybridized carbons (Fsp3) is 0.292. The van der Waals surface area contributed by atoms with E-state index in [4.69, 9.17) is 0 Å². The van der Waals surface area contributed by atoms with Gasteiger partial charge in [0.05, 0.1) is 24.8 Å². The molecule has 1 saturated heterocycles. The molecule has 1 aliphatic rings. The van der Waals surface area contributed by atoms with Gasteiger partial charge in [-0.25, -0.2) is 9.98 Å². The first-order valence-corrected chi connectivity index (χ1v) is 10.6. The third kappa shape index (κ3) is 7.04. The first-order valence-electron chi connectivity index (χ1n) is 10.6. The summed E-state index contributed by atoms with van der Waals surface area (Å²) < 4.78 is 0. The lowest BCUT2D eigenvalue weighted by atomic mass is 10.0. The molecule has 32 heavy (non-hydrogen) atoms. The number of hydrogen-bond acceptors (Lipinski definition) is 6. The highest BCUT2D eigenvalue weighted by atomic mass is 16.1. The minimum Gasteiger partial charge on any atom is -0.324 e. The number of nitrogens with one attached hydrogen (secondary N) is 2. The second-order valence-electron chi connectivity index (χ2n) is 7.43. The van der Waals surface area contributed by atoms with E-state index in [0.29, 0.717) is 35.4 Å². The van der Waals surface area contributed by atoms with Gasteiger partial charge in [-0.15, -0.1) is 0 Å². The summed E-state index contributed by atoms with van der Waals surface area (Å²) in [6, 6.07) is 5.57. The molecule has 1 aliphatic heterocycles. The Morgan fingerprint density at radius 2 is 2.06 bits per heavy atom. The van der Waals surface area contributed by atoms with Gasteiger partial charge in [-0.1, -0.05) is 24.8 Å². The zero-order chi connectivity index (χ0) is 22.8. The highest BCUT2D eigenvalue weighted by Crippen LogP contribution is 2.14. The maximum absolute atomic E-state index is 11.0. The molecule has 2 aromatic rings. The van der Waals surface area contributed by atoms with Crippen molar-refractivity contribution in [3.63, 3.8) is 0 Å². The monoisotopic (exact) mass is 431 g/mol. The number of carbonyl (C=O) groups excluding carboxylic acids is 1. The van der Waals surface area contributed by atoms with E-state index in [9.17, 15) is 4.79 Å². The lowest BCUT2D eigenvalue weighted by Crippen LogP contribution is -2.43. The van der Waals surface area contributed by atoms with E-state index >= 15 is 0 Å². The quantitative estimate of drug-likeness (QED) is 0.398. The summed E-state index contributed by atoms with van der Waals surface area (Å²) in [6.45, 7) is 12.3. The first kappa shape index (κ1) is 23.2. The Morgan fingerprint density at radius 3 is 2.75 bits per heavy atom. The zero-order valence-corrected chi connectivity index (χ0v) is 18.6. The van der Waals surface area contributed by atoms with Crippen LogP contribution < -0.4 is 10.6 Å². The number of aldehydes is 1. The van der Waals surface area contributed by atoms with Gasteiger partial charge in [0.1, 0.15) is 23.8 Å². The number of nitrogens with zero attached hydrogens (tertiary/aromatic N) is 5. The highest BCUT2D eigenvalue weighted by Gasteiger charge is 2.08. The molecule has 0 unspecified atom stereocenters. The third-order valence-corrected chi connectivity index (χ3v) is 4.99. The summed E-state index contributed by atoms with van der Waals surface area (Å²) in [5.41, 5.74) is 3.40. The Balaban J connectivity index is 1.61. The summed E-state index contributed by atoms with van der Waals surface area (Å²) in [7, 11) is 0. The van der Waals surface area contributed by atoms with Crippen LogP contribution in [-0.4, -0.2) is 65.7 Å². The van der Waals surface area contributed by atoms with Gasteiger partial charge in [0.2, 0.25) is 0 Å². The molecular formula is C24H29N7O. The number of hydrogen-bond donors (Lipinski definition) is 2. The summed E-state index contributed by atoms with van der Waals surface area (Å²) >= 11 is 0. The van der Waals surface area contributed by atoms with E-state index in [1.54, 1.807) is 24.5 Å². The Kier molecular flexibility index (Phi) is 8.53. The van der Waals surface area contributed by atoms with Gasteiger partial charge in [0.15, 0.2) is 0 Å². The van der Waals surface area contributed by atoms with E-state index in [2.05, 4.69) is 42.1 Å². The Bertz CT molecular complexity index is 1020. The number of anilines is 1. The van der Waals surface area contributed by atoms with Crippen molar-refractivity contribution in [2.24, 2.45) is 9.98 Å². The Morgan fingerprint density at radius 1 is 1.25 bits per heavy atom. The Labute approximate surface area is 188 Å². The van der Waals surface area contributed by atoms with E-state index in [1.807, 2.05) is 38.1 Å². The summed E-state index contributed by atoms with van der Waals surface area (Å²) in [5.74, 6) is 1.80. The zero-order valence-electron chi connectivity index (χ0n) is 18.6. The van der Waals surface area contributed by atoms with Gasteiger partial charge in [0, 0.05) is 31.7 Å². The molecule has 1 fully saturated rings. The molecule has 0 amide bonds. The van der Waals surface area contributed by atoms with Gasteiger partial charge in [-0.05, 0) is 43.2 Å². The van der Waals surface area contributed by atoms with Gasteiger partial charge < -0.3 is 10.6 Å². The lowest BCUT2D eigenvalue weighted by molar-refractivity contribution is 0.112. The van der Waals surface area contributed by atoms with Crippen molar-refractivity contribution < 1.29 is 4.79 Å². The molecule has 0 radical (unpaired) electrons. The molecule has 166 valence electrons. The van der Waals surface area contributed by atoms with E-state index in [-0.39, 0.29) is 0 Å². The fourth-order valence-electron chi connectivity index (χ4n) is 3.10. The normalized spacial score (nSPS) is 15.7. The van der Waals surface area contributed by atoms with Crippen molar-refractivity contribution in [1.29, 1.82) is 0 Å². The van der Waals surface area contributed by atoms with Crippen LogP contribution in [-0.2, 0) is 0 Å². The van der Waals surface area contributed by atoms with Crippen LogP contribution in [0.15, 0.2) is 53.2 Å². The number of amidine groups is 2. The molecule has 8 heteroatoms. The predicted molar refractivity (Wildman–Crippen MR) is 131 cm³/mol. The van der Waals surface area contributed by atoms with Crippen LogP contribution in [0.25, 0.3) is 12.2 Å². The number of aliphatic imine (C=N–C) groups is 2. The molecule has 2 N–H and O–H groups in total. The largest absolute Gasteiger partial charge is 0.324 e. The van der Waals surface area contributed by atoms with E-state index in [0.717, 1.165) is 43.6 Å². The molecule has 0 atom stereocenters. The first-order chi connectivity index (χ1) is 15.6. The van der Waals surface area contributed by atoms with Crippen molar-refractivity contribution >= 4 is 35.9 Å². The second kappa shape index (κ2) is 11.8. The maximum atomic E-state index is 11.0. The predicted octanol–water partition coefficient (Wildman–Crippen LogP) is 3.05.